The Labute approximate surface area is 178 Å². The third-order valence-corrected chi connectivity index (χ3v) is 6.58. The average Bonchev–Trinajstić information content (AvgIpc) is 3.17. The van der Waals surface area contributed by atoms with Gasteiger partial charge < -0.3 is 15.0 Å². The van der Waals surface area contributed by atoms with Crippen molar-refractivity contribution in [1.29, 1.82) is 0 Å². The van der Waals surface area contributed by atoms with Gasteiger partial charge in [0.15, 0.2) is 0 Å². The molecule has 30 heavy (non-hydrogen) atoms. The largest absolute Gasteiger partial charge is 0.379 e. The number of likely N-dealkylation sites (tertiary alicyclic amines) is 1. The monoisotopic (exact) mass is 406 g/mol. The van der Waals surface area contributed by atoms with Crippen molar-refractivity contribution >= 4 is 11.8 Å². The van der Waals surface area contributed by atoms with Crippen LogP contribution in [0, 0.1) is 11.8 Å². The Balaban J connectivity index is 1.36. The molecular weight excluding hydrogens is 376 g/mol. The van der Waals surface area contributed by atoms with Gasteiger partial charge in [0.2, 0.25) is 11.8 Å². The molecule has 2 fully saturated rings. The highest BCUT2D eigenvalue weighted by atomic mass is 16.5. The number of carbonyl (C=O) groups is 2. The van der Waals surface area contributed by atoms with Crippen LogP contribution in [-0.4, -0.2) is 49.1 Å². The van der Waals surface area contributed by atoms with Crippen LogP contribution in [0.1, 0.15) is 25.3 Å². The molecule has 4 atom stereocenters. The molecule has 1 saturated carbocycles. The minimum Gasteiger partial charge on any atom is -0.379 e. The van der Waals surface area contributed by atoms with Crippen molar-refractivity contribution in [3.05, 3.63) is 60.2 Å². The van der Waals surface area contributed by atoms with Gasteiger partial charge in [0.25, 0.3) is 0 Å². The molecule has 0 bridgehead atoms. The number of hydrogen-bond acceptors (Lipinski definition) is 3. The molecular formula is C25H30N2O3. The van der Waals surface area contributed by atoms with E-state index in [9.17, 15) is 9.59 Å². The van der Waals surface area contributed by atoms with Crippen LogP contribution in [0.25, 0.3) is 11.1 Å². The molecule has 0 unspecified atom stereocenters. The first-order chi connectivity index (χ1) is 14.5. The lowest BCUT2D eigenvalue weighted by molar-refractivity contribution is -0.129. The highest BCUT2D eigenvalue weighted by molar-refractivity contribution is 5.79. The molecule has 2 aromatic carbocycles. The van der Waals surface area contributed by atoms with E-state index < -0.39 is 0 Å². The van der Waals surface area contributed by atoms with Crippen LogP contribution in [-0.2, 0) is 20.7 Å². The van der Waals surface area contributed by atoms with Gasteiger partial charge in [-0.1, -0.05) is 54.6 Å². The number of ether oxygens (including phenoxy) is 1. The standard InChI is InChI=1S/C25H30N2O3/c1-17(28)26-23-13-21-15-27(16-22(21)14-24(23)30-2)25(29)12-18-8-10-20(11-9-18)19-6-4-3-5-7-19/h3-11,21-24H,12-16H2,1-2H3,(H,26,28)/t21-,22+,23-,24-/m1/s1. The van der Waals surface area contributed by atoms with Crippen molar-refractivity contribution in [2.75, 3.05) is 20.2 Å². The number of methoxy groups -OCH3 is 1. The molecule has 2 aromatic rings. The predicted molar refractivity (Wildman–Crippen MR) is 117 cm³/mol. The highest BCUT2D eigenvalue weighted by Crippen LogP contribution is 2.37. The average molecular weight is 407 g/mol. The van der Waals surface area contributed by atoms with Gasteiger partial charge in [-0.3, -0.25) is 9.59 Å². The van der Waals surface area contributed by atoms with Gasteiger partial charge in [0, 0.05) is 27.1 Å². The molecule has 4 rings (SSSR count). The highest BCUT2D eigenvalue weighted by Gasteiger charge is 2.43. The molecule has 1 heterocycles. The normalized spacial score (nSPS) is 25.6. The molecule has 1 N–H and O–H groups in total. The fourth-order valence-corrected chi connectivity index (χ4v) is 5.02. The number of amides is 2. The lowest BCUT2D eigenvalue weighted by Gasteiger charge is -2.37. The zero-order valence-electron chi connectivity index (χ0n) is 17.7. The number of fused-ring (bicyclic) bond motifs is 1. The minimum absolute atomic E-state index is 0.0228. The second kappa shape index (κ2) is 9.00. The summed E-state index contributed by atoms with van der Waals surface area (Å²) in [6.45, 7) is 3.11. The number of nitrogens with zero attached hydrogens (tertiary/aromatic N) is 1. The maximum absolute atomic E-state index is 12.9. The van der Waals surface area contributed by atoms with E-state index in [0.29, 0.717) is 18.3 Å². The fourth-order valence-electron chi connectivity index (χ4n) is 5.02. The Kier molecular flexibility index (Phi) is 6.18. The van der Waals surface area contributed by atoms with Gasteiger partial charge in [0.05, 0.1) is 18.6 Å². The minimum atomic E-state index is -0.0228. The summed E-state index contributed by atoms with van der Waals surface area (Å²) in [5.41, 5.74) is 3.38. The predicted octanol–water partition coefficient (Wildman–Crippen LogP) is 3.28. The number of hydrogen-bond donors (Lipinski definition) is 1. The summed E-state index contributed by atoms with van der Waals surface area (Å²) in [5, 5.41) is 3.03. The van der Waals surface area contributed by atoms with Gasteiger partial charge in [-0.05, 0) is 41.4 Å². The van der Waals surface area contributed by atoms with Crippen LogP contribution in [0.4, 0.5) is 0 Å². The van der Waals surface area contributed by atoms with E-state index in [4.69, 9.17) is 4.74 Å². The SMILES string of the molecule is CO[C@@H]1C[C@H]2CN(C(=O)Cc3ccc(-c4ccccc4)cc3)C[C@H]2C[C@H]1NC(C)=O. The maximum Gasteiger partial charge on any atom is 0.227 e. The fraction of sp³-hybridized carbons (Fsp3) is 0.440. The van der Waals surface area contributed by atoms with E-state index in [0.717, 1.165) is 37.1 Å². The molecule has 1 aliphatic carbocycles. The Morgan fingerprint density at radius 1 is 0.967 bits per heavy atom. The molecule has 5 heteroatoms. The second-order valence-corrected chi connectivity index (χ2v) is 8.61. The van der Waals surface area contributed by atoms with E-state index in [1.54, 1.807) is 14.0 Å². The van der Waals surface area contributed by atoms with Crippen LogP contribution < -0.4 is 5.32 Å². The van der Waals surface area contributed by atoms with E-state index in [2.05, 4.69) is 41.7 Å². The third kappa shape index (κ3) is 4.57. The molecule has 5 nitrogen and oxygen atoms in total. The molecule has 158 valence electrons. The maximum atomic E-state index is 12.9. The van der Waals surface area contributed by atoms with Gasteiger partial charge in [-0.2, -0.15) is 0 Å². The zero-order chi connectivity index (χ0) is 21.1. The second-order valence-electron chi connectivity index (χ2n) is 8.61. The molecule has 1 saturated heterocycles. The van der Waals surface area contributed by atoms with Crippen molar-refractivity contribution < 1.29 is 14.3 Å². The smallest absolute Gasteiger partial charge is 0.227 e. The third-order valence-electron chi connectivity index (χ3n) is 6.58. The van der Waals surface area contributed by atoms with E-state index in [1.165, 1.54) is 5.56 Å². The lowest BCUT2D eigenvalue weighted by atomic mass is 9.77. The van der Waals surface area contributed by atoms with Gasteiger partial charge >= 0.3 is 0 Å². The van der Waals surface area contributed by atoms with Crippen molar-refractivity contribution in [3.8, 4) is 11.1 Å². The molecule has 0 spiro atoms. The van der Waals surface area contributed by atoms with E-state index >= 15 is 0 Å². The summed E-state index contributed by atoms with van der Waals surface area (Å²) in [4.78, 5) is 26.5. The van der Waals surface area contributed by atoms with E-state index in [-0.39, 0.29) is 24.0 Å². The number of nitrogens with one attached hydrogen (secondary N) is 1. The quantitative estimate of drug-likeness (QED) is 0.829. The van der Waals surface area contributed by atoms with Crippen LogP contribution in [0.3, 0.4) is 0 Å². The Morgan fingerprint density at radius 3 is 2.23 bits per heavy atom. The number of benzene rings is 2. The molecule has 1 aliphatic heterocycles. The van der Waals surface area contributed by atoms with Crippen LogP contribution in [0.2, 0.25) is 0 Å². The van der Waals surface area contributed by atoms with Gasteiger partial charge in [-0.15, -0.1) is 0 Å². The summed E-state index contributed by atoms with van der Waals surface area (Å²) >= 11 is 0. The van der Waals surface area contributed by atoms with Crippen LogP contribution in [0.15, 0.2) is 54.6 Å². The van der Waals surface area contributed by atoms with E-state index in [1.807, 2.05) is 23.1 Å². The van der Waals surface area contributed by atoms with Crippen molar-refractivity contribution in [2.45, 2.75) is 38.3 Å². The Hall–Kier alpha value is -2.66. The van der Waals surface area contributed by atoms with Crippen LogP contribution >= 0.6 is 0 Å². The molecule has 2 aliphatic rings. The molecule has 0 radical (unpaired) electrons. The first-order valence-electron chi connectivity index (χ1n) is 10.8. The topological polar surface area (TPSA) is 58.6 Å². The summed E-state index contributed by atoms with van der Waals surface area (Å²) in [6.07, 6.45) is 2.22. The van der Waals surface area contributed by atoms with Gasteiger partial charge in [0.1, 0.15) is 0 Å². The number of rotatable bonds is 5. The van der Waals surface area contributed by atoms with Crippen molar-refractivity contribution in [2.24, 2.45) is 11.8 Å². The first kappa shape index (κ1) is 20.6. The van der Waals surface area contributed by atoms with Gasteiger partial charge in [-0.25, -0.2) is 0 Å². The summed E-state index contributed by atoms with van der Waals surface area (Å²) in [7, 11) is 1.71. The molecule has 2 amide bonds. The molecule has 0 aromatic heterocycles. The van der Waals surface area contributed by atoms with Crippen LogP contribution in [0.5, 0.6) is 0 Å². The summed E-state index contributed by atoms with van der Waals surface area (Å²) in [5.74, 6) is 1.04. The summed E-state index contributed by atoms with van der Waals surface area (Å²) < 4.78 is 5.63. The lowest BCUT2D eigenvalue weighted by Crippen LogP contribution is -2.49. The Morgan fingerprint density at radius 2 is 1.60 bits per heavy atom. The van der Waals surface area contributed by atoms with Crippen molar-refractivity contribution in [1.82, 2.24) is 10.2 Å². The van der Waals surface area contributed by atoms with Crippen molar-refractivity contribution in [3.63, 3.8) is 0 Å². The zero-order valence-corrected chi connectivity index (χ0v) is 17.7. The first-order valence-corrected chi connectivity index (χ1v) is 10.8. The Bertz CT molecular complexity index is 881. The summed E-state index contributed by atoms with van der Waals surface area (Å²) in [6, 6.07) is 18.6. The number of carbonyl (C=O) groups excluding carboxylic acids is 2.